The molecule has 1 saturated carbocycles. The average Bonchev–Trinajstić information content (AvgIpc) is 2.34. The van der Waals surface area contributed by atoms with E-state index >= 15 is 0 Å². The van der Waals surface area contributed by atoms with Crippen molar-refractivity contribution in [3.63, 3.8) is 0 Å². The quantitative estimate of drug-likeness (QED) is 0.717. The lowest BCUT2D eigenvalue weighted by Crippen LogP contribution is -2.56. The maximum atomic E-state index is 11.7. The first-order valence-electron chi connectivity index (χ1n) is 7.08. The molecule has 1 aliphatic heterocycles. The Hall–Kier alpha value is -0.910. The van der Waals surface area contributed by atoms with E-state index in [2.05, 4.69) is 10.2 Å². The second-order valence-electron chi connectivity index (χ2n) is 5.64. The summed E-state index contributed by atoms with van der Waals surface area (Å²) in [5.74, 6) is 0.0345. The Morgan fingerprint density at radius 3 is 2.68 bits per heavy atom. The number of ether oxygens (including phenoxy) is 1. The lowest BCUT2D eigenvalue weighted by molar-refractivity contribution is -0.118. The molecule has 0 bridgehead atoms. The van der Waals surface area contributed by atoms with E-state index in [9.17, 15) is 4.79 Å². The molecule has 1 N–H and O–H groups in total. The molecule has 1 aliphatic carbocycles. The van der Waals surface area contributed by atoms with Crippen LogP contribution in [0, 0.1) is 0 Å². The van der Waals surface area contributed by atoms with Crippen LogP contribution in [0.25, 0.3) is 0 Å². The largest absolute Gasteiger partial charge is 0.379 e. The van der Waals surface area contributed by atoms with E-state index in [0.717, 1.165) is 45.7 Å². The highest BCUT2D eigenvalue weighted by atomic mass is 16.5. The fourth-order valence-electron chi connectivity index (χ4n) is 2.57. The van der Waals surface area contributed by atoms with Gasteiger partial charge < -0.3 is 15.0 Å². The van der Waals surface area contributed by atoms with Gasteiger partial charge in [0.05, 0.1) is 13.2 Å². The second-order valence-corrected chi connectivity index (χ2v) is 5.64. The predicted octanol–water partition coefficient (Wildman–Crippen LogP) is 0.0836. The van der Waals surface area contributed by atoms with Crippen molar-refractivity contribution < 1.29 is 9.53 Å². The van der Waals surface area contributed by atoms with Crippen molar-refractivity contribution >= 4 is 5.91 Å². The lowest BCUT2D eigenvalue weighted by Gasteiger charge is -2.44. The van der Waals surface area contributed by atoms with Crippen molar-refractivity contribution in [3.05, 3.63) is 12.2 Å². The Balaban J connectivity index is 1.61. The van der Waals surface area contributed by atoms with Crippen molar-refractivity contribution in [3.8, 4) is 0 Å². The molecule has 2 fully saturated rings. The molecule has 0 aromatic heterocycles. The minimum atomic E-state index is 0.0345. The molecule has 0 atom stereocenters. The van der Waals surface area contributed by atoms with Crippen molar-refractivity contribution in [1.29, 1.82) is 0 Å². The highest BCUT2D eigenvalue weighted by Crippen LogP contribution is 2.26. The fourth-order valence-corrected chi connectivity index (χ4v) is 2.57. The smallest absolute Gasteiger partial charge is 0.243 e. The number of amides is 1. The molecule has 0 aromatic carbocycles. The Bertz CT molecular complexity index is 319. The highest BCUT2D eigenvalue weighted by molar-refractivity contribution is 5.87. The van der Waals surface area contributed by atoms with Crippen molar-refractivity contribution in [2.45, 2.75) is 24.9 Å². The van der Waals surface area contributed by atoms with Crippen LogP contribution in [-0.4, -0.2) is 74.7 Å². The molecule has 2 rings (SSSR count). The van der Waals surface area contributed by atoms with Gasteiger partial charge in [0.25, 0.3) is 0 Å². The number of likely N-dealkylation sites (N-methyl/N-ethyl adjacent to an activating group) is 1. The molecule has 108 valence electrons. The average molecular weight is 267 g/mol. The standard InChI is InChI=1S/C14H25N3O2/c1-16(2)5-3-4-14(18)15-12-10-13(11-12)17-6-8-19-9-7-17/h3-4,12-13H,5-11H2,1-2H3,(H,15,18)/b4-3+. The van der Waals surface area contributed by atoms with Crippen molar-refractivity contribution in [2.75, 3.05) is 46.9 Å². The molecule has 5 heteroatoms. The summed E-state index contributed by atoms with van der Waals surface area (Å²) in [4.78, 5) is 16.2. The second kappa shape index (κ2) is 7.03. The van der Waals surface area contributed by atoms with E-state index in [0.29, 0.717) is 12.1 Å². The van der Waals surface area contributed by atoms with E-state index < -0.39 is 0 Å². The van der Waals surface area contributed by atoms with Crippen LogP contribution in [-0.2, 0) is 9.53 Å². The van der Waals surface area contributed by atoms with Gasteiger partial charge in [-0.2, -0.15) is 0 Å². The van der Waals surface area contributed by atoms with Crippen molar-refractivity contribution in [2.24, 2.45) is 0 Å². The molecule has 2 aliphatic rings. The predicted molar refractivity (Wildman–Crippen MR) is 75.0 cm³/mol. The summed E-state index contributed by atoms with van der Waals surface area (Å²) in [7, 11) is 3.97. The van der Waals surface area contributed by atoms with Crippen LogP contribution in [0.1, 0.15) is 12.8 Å². The number of rotatable bonds is 5. The van der Waals surface area contributed by atoms with Crippen LogP contribution >= 0.6 is 0 Å². The van der Waals surface area contributed by atoms with E-state index in [1.54, 1.807) is 6.08 Å². The molecular formula is C14H25N3O2. The molecule has 1 heterocycles. The first-order valence-corrected chi connectivity index (χ1v) is 7.08. The van der Waals surface area contributed by atoms with E-state index in [1.165, 1.54) is 0 Å². The Labute approximate surface area is 115 Å². The topological polar surface area (TPSA) is 44.8 Å². The van der Waals surface area contributed by atoms with Crippen molar-refractivity contribution in [1.82, 2.24) is 15.1 Å². The third-order valence-corrected chi connectivity index (χ3v) is 3.76. The van der Waals surface area contributed by atoms with Gasteiger partial charge in [-0.05, 0) is 26.9 Å². The summed E-state index contributed by atoms with van der Waals surface area (Å²) in [6.07, 6.45) is 5.69. The van der Waals surface area contributed by atoms with Crippen LogP contribution in [0.4, 0.5) is 0 Å². The van der Waals surface area contributed by atoms with Crippen LogP contribution in [0.3, 0.4) is 0 Å². The number of carbonyl (C=O) groups excluding carboxylic acids is 1. The summed E-state index contributed by atoms with van der Waals surface area (Å²) >= 11 is 0. The van der Waals surface area contributed by atoms with E-state index in [4.69, 9.17) is 4.74 Å². The number of nitrogens with zero attached hydrogens (tertiary/aromatic N) is 2. The molecule has 1 saturated heterocycles. The van der Waals surface area contributed by atoms with Crippen LogP contribution < -0.4 is 5.32 Å². The van der Waals surface area contributed by atoms with Crippen LogP contribution in [0.2, 0.25) is 0 Å². The summed E-state index contributed by atoms with van der Waals surface area (Å²) in [6.45, 7) is 4.57. The first kappa shape index (κ1) is 14.5. The zero-order valence-electron chi connectivity index (χ0n) is 12.0. The van der Waals surface area contributed by atoms with E-state index in [1.807, 2.05) is 25.1 Å². The van der Waals surface area contributed by atoms with Gasteiger partial charge in [0, 0.05) is 37.8 Å². The summed E-state index contributed by atoms with van der Waals surface area (Å²) in [5, 5.41) is 3.06. The zero-order valence-corrected chi connectivity index (χ0v) is 12.0. The first-order chi connectivity index (χ1) is 9.15. The highest BCUT2D eigenvalue weighted by Gasteiger charge is 2.34. The molecule has 19 heavy (non-hydrogen) atoms. The third kappa shape index (κ3) is 4.60. The SMILES string of the molecule is CN(C)C/C=C/C(=O)NC1CC(N2CCOCC2)C1. The minimum absolute atomic E-state index is 0.0345. The lowest BCUT2D eigenvalue weighted by atomic mass is 9.85. The van der Waals surface area contributed by atoms with Gasteiger partial charge in [0.15, 0.2) is 0 Å². The third-order valence-electron chi connectivity index (χ3n) is 3.76. The van der Waals surface area contributed by atoms with Gasteiger partial charge in [-0.3, -0.25) is 9.69 Å². The number of carbonyl (C=O) groups is 1. The van der Waals surface area contributed by atoms with Crippen LogP contribution in [0.15, 0.2) is 12.2 Å². The van der Waals surface area contributed by atoms with Gasteiger partial charge >= 0.3 is 0 Å². The van der Waals surface area contributed by atoms with Gasteiger partial charge in [0.1, 0.15) is 0 Å². The monoisotopic (exact) mass is 267 g/mol. The van der Waals surface area contributed by atoms with Gasteiger partial charge in [-0.15, -0.1) is 0 Å². The Kier molecular flexibility index (Phi) is 5.36. The molecule has 0 radical (unpaired) electrons. The summed E-state index contributed by atoms with van der Waals surface area (Å²) in [5.41, 5.74) is 0. The summed E-state index contributed by atoms with van der Waals surface area (Å²) < 4.78 is 5.35. The molecule has 0 unspecified atom stereocenters. The molecule has 5 nitrogen and oxygen atoms in total. The minimum Gasteiger partial charge on any atom is -0.379 e. The Morgan fingerprint density at radius 2 is 2.05 bits per heavy atom. The van der Waals surface area contributed by atoms with E-state index in [-0.39, 0.29) is 5.91 Å². The maximum Gasteiger partial charge on any atom is 0.243 e. The molecule has 0 aromatic rings. The fraction of sp³-hybridized carbons (Fsp3) is 0.786. The number of nitrogens with one attached hydrogen (secondary N) is 1. The summed E-state index contributed by atoms with van der Waals surface area (Å²) in [6, 6.07) is 0.990. The maximum absolute atomic E-state index is 11.7. The van der Waals surface area contributed by atoms with Crippen LogP contribution in [0.5, 0.6) is 0 Å². The van der Waals surface area contributed by atoms with Gasteiger partial charge in [0.2, 0.25) is 5.91 Å². The Morgan fingerprint density at radius 1 is 1.37 bits per heavy atom. The number of hydrogen-bond acceptors (Lipinski definition) is 4. The number of hydrogen-bond donors (Lipinski definition) is 1. The van der Waals surface area contributed by atoms with Gasteiger partial charge in [-0.25, -0.2) is 0 Å². The zero-order chi connectivity index (χ0) is 13.7. The van der Waals surface area contributed by atoms with Gasteiger partial charge in [-0.1, -0.05) is 6.08 Å². The molecule has 0 spiro atoms. The molecular weight excluding hydrogens is 242 g/mol. The number of morpholine rings is 1. The normalized spacial score (nSPS) is 28.6. The molecule has 1 amide bonds.